The van der Waals surface area contributed by atoms with Crippen LogP contribution in [-0.2, 0) is 0 Å². The van der Waals surface area contributed by atoms with Gasteiger partial charge in [0.2, 0.25) is 0 Å². The van der Waals surface area contributed by atoms with E-state index in [1.807, 2.05) is 30.3 Å². The van der Waals surface area contributed by atoms with Crippen LogP contribution < -0.4 is 4.74 Å². The summed E-state index contributed by atoms with van der Waals surface area (Å²) < 4.78 is 5.77. The van der Waals surface area contributed by atoms with Crippen LogP contribution in [0.1, 0.15) is 32.1 Å². The van der Waals surface area contributed by atoms with Gasteiger partial charge in [0.15, 0.2) is 6.10 Å². The molecule has 1 fully saturated rings. The first-order chi connectivity index (χ1) is 7.90. The molecule has 0 spiro atoms. The number of benzene rings is 1. The lowest BCUT2D eigenvalue weighted by atomic mass is 9.85. The van der Waals surface area contributed by atoms with E-state index in [0.717, 1.165) is 24.7 Å². The molecule has 1 radical (unpaired) electrons. The van der Waals surface area contributed by atoms with E-state index >= 15 is 0 Å². The highest BCUT2D eigenvalue weighted by molar-refractivity contribution is 5.22. The number of hydrogen-bond donors (Lipinski definition) is 1. The summed E-state index contributed by atoms with van der Waals surface area (Å²) in [6.45, 7) is 0.0412. The van der Waals surface area contributed by atoms with Crippen molar-refractivity contribution in [2.24, 2.45) is 5.92 Å². The lowest BCUT2D eigenvalue weighted by Crippen LogP contribution is -2.24. The highest BCUT2D eigenvalue weighted by Crippen LogP contribution is 2.32. The molecule has 0 saturated heterocycles. The molecule has 2 heteroatoms. The Hall–Kier alpha value is -1.02. The Labute approximate surface area is 97.3 Å². The molecule has 87 valence electrons. The summed E-state index contributed by atoms with van der Waals surface area (Å²) in [6, 6.07) is 9.72. The first-order valence-electron chi connectivity index (χ1n) is 6.09. The van der Waals surface area contributed by atoms with Crippen LogP contribution in [0.3, 0.4) is 0 Å². The van der Waals surface area contributed by atoms with Crippen molar-refractivity contribution in [3.05, 3.63) is 36.4 Å². The quantitative estimate of drug-likeness (QED) is 0.842. The van der Waals surface area contributed by atoms with E-state index in [1.165, 1.54) is 19.3 Å². The van der Waals surface area contributed by atoms with Crippen LogP contribution in [0.25, 0.3) is 0 Å². The van der Waals surface area contributed by atoms with Crippen LogP contribution in [0.4, 0.5) is 0 Å². The van der Waals surface area contributed by atoms with E-state index in [4.69, 9.17) is 4.74 Å². The van der Waals surface area contributed by atoms with E-state index in [9.17, 15) is 5.11 Å². The SMILES string of the molecule is OC[C](Oc1ccccc1)C1CCCCC1. The summed E-state index contributed by atoms with van der Waals surface area (Å²) in [5, 5.41) is 9.38. The summed E-state index contributed by atoms with van der Waals surface area (Å²) in [4.78, 5) is 0. The minimum absolute atomic E-state index is 0.0412. The van der Waals surface area contributed by atoms with Crippen LogP contribution in [0.15, 0.2) is 30.3 Å². The fourth-order valence-corrected chi connectivity index (χ4v) is 2.31. The van der Waals surface area contributed by atoms with Crippen LogP contribution in [0.2, 0.25) is 0 Å². The molecule has 0 amide bonds. The molecule has 2 nitrogen and oxygen atoms in total. The molecule has 0 bridgehead atoms. The lowest BCUT2D eigenvalue weighted by molar-refractivity contribution is 0.138. The molecule has 0 atom stereocenters. The summed E-state index contributed by atoms with van der Waals surface area (Å²) >= 11 is 0. The number of aliphatic hydroxyl groups excluding tert-OH is 1. The Kier molecular flexibility index (Phi) is 4.23. The zero-order chi connectivity index (χ0) is 11.2. The van der Waals surface area contributed by atoms with Gasteiger partial charge in [0.05, 0.1) is 6.61 Å². The van der Waals surface area contributed by atoms with Gasteiger partial charge in [-0.15, -0.1) is 0 Å². The third-order valence-corrected chi connectivity index (χ3v) is 3.21. The molecule has 0 aromatic heterocycles. The van der Waals surface area contributed by atoms with Crippen LogP contribution >= 0.6 is 0 Å². The molecule has 1 aromatic rings. The maximum atomic E-state index is 9.38. The Morgan fingerprint density at radius 2 is 1.81 bits per heavy atom. The van der Waals surface area contributed by atoms with E-state index < -0.39 is 0 Å². The van der Waals surface area contributed by atoms with Crippen molar-refractivity contribution in [1.29, 1.82) is 0 Å². The van der Waals surface area contributed by atoms with Crippen LogP contribution in [-0.4, -0.2) is 11.7 Å². The first kappa shape index (κ1) is 11.5. The molecule has 1 aliphatic rings. The van der Waals surface area contributed by atoms with E-state index in [2.05, 4.69) is 0 Å². The fraction of sp³-hybridized carbons (Fsp3) is 0.500. The van der Waals surface area contributed by atoms with Crippen molar-refractivity contribution < 1.29 is 9.84 Å². The third-order valence-electron chi connectivity index (χ3n) is 3.21. The average molecular weight is 219 g/mol. The molecule has 16 heavy (non-hydrogen) atoms. The van der Waals surface area contributed by atoms with Crippen molar-refractivity contribution in [3.63, 3.8) is 0 Å². The van der Waals surface area contributed by atoms with E-state index in [-0.39, 0.29) is 6.61 Å². The van der Waals surface area contributed by atoms with Gasteiger partial charge in [-0.3, -0.25) is 0 Å². The molecule has 1 N–H and O–H groups in total. The van der Waals surface area contributed by atoms with Gasteiger partial charge in [-0.1, -0.05) is 37.5 Å². The normalized spacial score (nSPS) is 17.6. The maximum absolute atomic E-state index is 9.38. The molecule has 0 heterocycles. The molecule has 2 rings (SSSR count). The van der Waals surface area contributed by atoms with Gasteiger partial charge in [0.25, 0.3) is 0 Å². The van der Waals surface area contributed by atoms with Crippen LogP contribution in [0, 0.1) is 12.0 Å². The van der Waals surface area contributed by atoms with Crippen molar-refractivity contribution in [2.75, 3.05) is 6.61 Å². The zero-order valence-electron chi connectivity index (χ0n) is 9.56. The van der Waals surface area contributed by atoms with Crippen molar-refractivity contribution in [3.8, 4) is 5.75 Å². The van der Waals surface area contributed by atoms with Crippen molar-refractivity contribution in [1.82, 2.24) is 0 Å². The number of hydrogen-bond acceptors (Lipinski definition) is 2. The summed E-state index contributed by atoms with van der Waals surface area (Å²) in [7, 11) is 0. The highest BCUT2D eigenvalue weighted by atomic mass is 16.5. The van der Waals surface area contributed by atoms with Gasteiger partial charge < -0.3 is 9.84 Å². The number of ether oxygens (including phenoxy) is 1. The predicted octanol–water partition coefficient (Wildman–Crippen LogP) is 3.17. The summed E-state index contributed by atoms with van der Waals surface area (Å²) in [5.74, 6) is 1.27. The zero-order valence-corrected chi connectivity index (χ0v) is 9.56. The van der Waals surface area contributed by atoms with Crippen molar-refractivity contribution >= 4 is 0 Å². The van der Waals surface area contributed by atoms with Gasteiger partial charge in [0, 0.05) is 5.92 Å². The standard InChI is InChI=1S/C14H19O2/c15-11-14(12-7-3-1-4-8-12)16-13-9-5-2-6-10-13/h2,5-6,9-10,12,15H,1,3-4,7-8,11H2. The number of aliphatic hydroxyl groups is 1. The molecule has 1 saturated carbocycles. The minimum atomic E-state index is 0.0412. The molecular weight excluding hydrogens is 200 g/mol. The smallest absolute Gasteiger partial charge is 0.176 e. The number of para-hydroxylation sites is 1. The summed E-state index contributed by atoms with van der Waals surface area (Å²) in [5.41, 5.74) is 0. The van der Waals surface area contributed by atoms with Gasteiger partial charge in [-0.2, -0.15) is 0 Å². The highest BCUT2D eigenvalue weighted by Gasteiger charge is 2.25. The maximum Gasteiger partial charge on any atom is 0.176 e. The molecule has 0 unspecified atom stereocenters. The second kappa shape index (κ2) is 5.90. The summed E-state index contributed by atoms with van der Waals surface area (Å²) in [6.07, 6.45) is 6.98. The van der Waals surface area contributed by atoms with E-state index in [1.54, 1.807) is 0 Å². The monoisotopic (exact) mass is 219 g/mol. The topological polar surface area (TPSA) is 29.5 Å². The minimum Gasteiger partial charge on any atom is -0.480 e. The largest absolute Gasteiger partial charge is 0.480 e. The van der Waals surface area contributed by atoms with Gasteiger partial charge >= 0.3 is 0 Å². The molecular formula is C14H19O2. The van der Waals surface area contributed by atoms with Gasteiger partial charge in [0.1, 0.15) is 5.75 Å². The molecule has 1 aliphatic carbocycles. The fourth-order valence-electron chi connectivity index (χ4n) is 2.31. The molecule has 1 aromatic carbocycles. The van der Waals surface area contributed by atoms with Crippen molar-refractivity contribution in [2.45, 2.75) is 32.1 Å². The van der Waals surface area contributed by atoms with Crippen LogP contribution in [0.5, 0.6) is 5.75 Å². The van der Waals surface area contributed by atoms with Gasteiger partial charge in [-0.05, 0) is 25.0 Å². The molecule has 0 aliphatic heterocycles. The Balaban J connectivity index is 1.94. The Morgan fingerprint density at radius 3 is 2.44 bits per heavy atom. The number of rotatable bonds is 4. The Morgan fingerprint density at radius 1 is 1.12 bits per heavy atom. The second-order valence-electron chi connectivity index (χ2n) is 4.37. The third kappa shape index (κ3) is 2.99. The lowest BCUT2D eigenvalue weighted by Gasteiger charge is -2.28. The first-order valence-corrected chi connectivity index (χ1v) is 6.09. The van der Waals surface area contributed by atoms with Gasteiger partial charge in [-0.25, -0.2) is 0 Å². The second-order valence-corrected chi connectivity index (χ2v) is 4.37. The predicted molar refractivity (Wildman–Crippen MR) is 64.0 cm³/mol. The van der Waals surface area contributed by atoms with E-state index in [0.29, 0.717) is 5.92 Å². The average Bonchev–Trinajstić information content (AvgIpc) is 2.38. The Bertz CT molecular complexity index is 291.